The smallest absolute Gasteiger partial charge is 0.420 e. The topological polar surface area (TPSA) is 9.23 Å². The van der Waals surface area contributed by atoms with Gasteiger partial charge in [0.25, 0.3) is 0 Å². The Labute approximate surface area is 99.6 Å². The van der Waals surface area contributed by atoms with E-state index < -0.39 is 11.7 Å². The van der Waals surface area contributed by atoms with Crippen LogP contribution in [-0.2, 0) is 6.18 Å². The van der Waals surface area contributed by atoms with Crippen molar-refractivity contribution in [1.29, 1.82) is 0 Å². The zero-order chi connectivity index (χ0) is 13.1. The lowest BCUT2D eigenvalue weighted by Crippen LogP contribution is -2.13. The minimum absolute atomic E-state index is 0.0643. The van der Waals surface area contributed by atoms with Crippen LogP contribution in [0.4, 0.5) is 13.2 Å². The Morgan fingerprint density at radius 3 is 2.35 bits per heavy atom. The van der Waals surface area contributed by atoms with E-state index in [0.29, 0.717) is 13.0 Å². The van der Waals surface area contributed by atoms with E-state index in [9.17, 15) is 13.2 Å². The van der Waals surface area contributed by atoms with Gasteiger partial charge in [0.05, 0.1) is 6.61 Å². The second-order valence-electron chi connectivity index (χ2n) is 4.22. The largest absolute Gasteiger partial charge is 0.493 e. The van der Waals surface area contributed by atoms with Crippen molar-refractivity contribution < 1.29 is 17.9 Å². The minimum Gasteiger partial charge on any atom is -0.493 e. The van der Waals surface area contributed by atoms with Crippen molar-refractivity contribution in [3.05, 3.63) is 29.3 Å². The van der Waals surface area contributed by atoms with E-state index in [0.717, 1.165) is 0 Å². The molecule has 0 amide bonds. The maximum atomic E-state index is 13.0. The van der Waals surface area contributed by atoms with E-state index in [1.54, 1.807) is 19.9 Å². The molecule has 0 fully saturated rings. The van der Waals surface area contributed by atoms with Crippen LogP contribution in [0.3, 0.4) is 0 Å². The fraction of sp³-hybridized carbons (Fsp3) is 0.538. The van der Waals surface area contributed by atoms with Crippen molar-refractivity contribution in [1.82, 2.24) is 0 Å². The van der Waals surface area contributed by atoms with E-state index in [4.69, 9.17) is 4.74 Å². The van der Waals surface area contributed by atoms with Gasteiger partial charge in [-0.3, -0.25) is 0 Å². The Kier molecular flexibility index (Phi) is 4.43. The highest BCUT2D eigenvalue weighted by Crippen LogP contribution is 2.41. The van der Waals surface area contributed by atoms with Crippen molar-refractivity contribution in [2.24, 2.45) is 0 Å². The molecule has 0 aliphatic heterocycles. The molecule has 1 aromatic carbocycles. The second-order valence-corrected chi connectivity index (χ2v) is 4.22. The van der Waals surface area contributed by atoms with E-state index in [1.807, 2.05) is 6.92 Å². The molecule has 0 heterocycles. The summed E-state index contributed by atoms with van der Waals surface area (Å²) in [6, 6.07) is 4.49. The van der Waals surface area contributed by atoms with Crippen LogP contribution in [0.1, 0.15) is 44.2 Å². The predicted molar refractivity (Wildman–Crippen MR) is 61.3 cm³/mol. The molecular formula is C13H17F3O. The summed E-state index contributed by atoms with van der Waals surface area (Å²) in [7, 11) is 0. The van der Waals surface area contributed by atoms with Gasteiger partial charge in [0.1, 0.15) is 11.3 Å². The van der Waals surface area contributed by atoms with Gasteiger partial charge >= 0.3 is 6.18 Å². The Bertz CT molecular complexity index is 369. The van der Waals surface area contributed by atoms with Crippen LogP contribution in [0.25, 0.3) is 0 Å². The molecule has 17 heavy (non-hydrogen) atoms. The number of halogens is 3. The summed E-state index contributed by atoms with van der Waals surface area (Å²) in [4.78, 5) is 0. The maximum absolute atomic E-state index is 13.0. The van der Waals surface area contributed by atoms with Gasteiger partial charge in [0.2, 0.25) is 0 Å². The molecule has 0 aliphatic carbocycles. The molecule has 4 heteroatoms. The molecule has 0 aliphatic rings. The molecule has 0 radical (unpaired) electrons. The summed E-state index contributed by atoms with van der Waals surface area (Å²) in [5, 5.41) is 0. The monoisotopic (exact) mass is 246 g/mol. The summed E-state index contributed by atoms with van der Waals surface area (Å²) in [5.74, 6) is -0.248. The van der Waals surface area contributed by atoms with Crippen LogP contribution in [0, 0.1) is 0 Å². The first-order chi connectivity index (χ1) is 7.88. The number of alkyl halides is 3. The van der Waals surface area contributed by atoms with Crippen LogP contribution in [0.15, 0.2) is 18.2 Å². The zero-order valence-corrected chi connectivity index (χ0v) is 10.3. The van der Waals surface area contributed by atoms with Crippen LogP contribution in [0.2, 0.25) is 0 Å². The standard InChI is InChI=1S/C13H17F3O/c1-4-8-17-11-7-5-6-10(9(2)3)12(11)13(14,15)16/h5-7,9H,4,8H2,1-3H3. The summed E-state index contributed by atoms with van der Waals surface area (Å²) in [6.07, 6.45) is -3.69. The number of hydrogen-bond acceptors (Lipinski definition) is 1. The van der Waals surface area contributed by atoms with Crippen LogP contribution >= 0.6 is 0 Å². The Balaban J connectivity index is 3.25. The number of rotatable bonds is 4. The fourth-order valence-electron chi connectivity index (χ4n) is 1.66. The highest BCUT2D eigenvalue weighted by atomic mass is 19.4. The Morgan fingerprint density at radius 2 is 1.88 bits per heavy atom. The molecule has 1 rings (SSSR count). The summed E-state index contributed by atoms with van der Waals surface area (Å²) >= 11 is 0. The summed E-state index contributed by atoms with van der Waals surface area (Å²) in [5.41, 5.74) is -0.352. The van der Waals surface area contributed by atoms with Crippen LogP contribution in [0.5, 0.6) is 5.75 Å². The molecule has 96 valence electrons. The first-order valence-corrected chi connectivity index (χ1v) is 5.70. The zero-order valence-electron chi connectivity index (χ0n) is 10.3. The molecule has 1 aromatic rings. The van der Waals surface area contributed by atoms with E-state index in [2.05, 4.69) is 0 Å². The van der Waals surface area contributed by atoms with Gasteiger partial charge in [0.15, 0.2) is 0 Å². The SMILES string of the molecule is CCCOc1cccc(C(C)C)c1C(F)(F)F. The molecule has 0 bridgehead atoms. The van der Waals surface area contributed by atoms with Crippen molar-refractivity contribution in [2.45, 2.75) is 39.3 Å². The number of benzene rings is 1. The molecule has 1 nitrogen and oxygen atoms in total. The third kappa shape index (κ3) is 3.38. The highest BCUT2D eigenvalue weighted by Gasteiger charge is 2.37. The first-order valence-electron chi connectivity index (χ1n) is 5.70. The highest BCUT2D eigenvalue weighted by molar-refractivity contribution is 5.43. The lowest BCUT2D eigenvalue weighted by Gasteiger charge is -2.19. The molecule has 0 aromatic heterocycles. The maximum Gasteiger partial charge on any atom is 0.420 e. The Hall–Kier alpha value is -1.19. The van der Waals surface area contributed by atoms with Crippen molar-refractivity contribution in [2.75, 3.05) is 6.61 Å². The predicted octanol–water partition coefficient (Wildman–Crippen LogP) is 4.62. The van der Waals surface area contributed by atoms with Gasteiger partial charge in [-0.15, -0.1) is 0 Å². The third-order valence-corrected chi connectivity index (χ3v) is 2.43. The van der Waals surface area contributed by atoms with Crippen LogP contribution < -0.4 is 4.74 Å². The summed E-state index contributed by atoms with van der Waals surface area (Å²) in [6.45, 7) is 5.65. The molecule has 0 atom stereocenters. The van der Waals surface area contributed by atoms with Gasteiger partial charge in [0, 0.05) is 0 Å². The van der Waals surface area contributed by atoms with Crippen molar-refractivity contribution >= 4 is 0 Å². The average Bonchev–Trinajstić information content (AvgIpc) is 2.24. The van der Waals surface area contributed by atoms with Gasteiger partial charge in [-0.1, -0.05) is 32.9 Å². The van der Waals surface area contributed by atoms with Crippen molar-refractivity contribution in [3.63, 3.8) is 0 Å². The average molecular weight is 246 g/mol. The lowest BCUT2D eigenvalue weighted by molar-refractivity contribution is -0.139. The normalized spacial score (nSPS) is 11.9. The quantitative estimate of drug-likeness (QED) is 0.753. The van der Waals surface area contributed by atoms with Gasteiger partial charge in [-0.05, 0) is 24.0 Å². The van der Waals surface area contributed by atoms with Gasteiger partial charge < -0.3 is 4.74 Å². The number of ether oxygens (including phenoxy) is 1. The molecule has 0 N–H and O–H groups in total. The number of hydrogen-bond donors (Lipinski definition) is 0. The van der Waals surface area contributed by atoms with Gasteiger partial charge in [-0.25, -0.2) is 0 Å². The molecule has 0 spiro atoms. The van der Waals surface area contributed by atoms with E-state index in [-0.39, 0.29) is 17.2 Å². The van der Waals surface area contributed by atoms with E-state index in [1.165, 1.54) is 12.1 Å². The van der Waals surface area contributed by atoms with Crippen molar-refractivity contribution in [3.8, 4) is 5.75 Å². The van der Waals surface area contributed by atoms with Gasteiger partial charge in [-0.2, -0.15) is 13.2 Å². The third-order valence-electron chi connectivity index (χ3n) is 2.43. The summed E-state index contributed by atoms with van der Waals surface area (Å²) < 4.78 is 44.2. The Morgan fingerprint density at radius 1 is 1.24 bits per heavy atom. The van der Waals surface area contributed by atoms with E-state index >= 15 is 0 Å². The van der Waals surface area contributed by atoms with Crippen LogP contribution in [-0.4, -0.2) is 6.61 Å². The molecule has 0 saturated carbocycles. The second kappa shape index (κ2) is 5.43. The molecule has 0 saturated heterocycles. The molecular weight excluding hydrogens is 229 g/mol. The molecule has 0 unspecified atom stereocenters. The minimum atomic E-state index is -4.37. The first kappa shape index (κ1) is 13.9. The fourth-order valence-corrected chi connectivity index (χ4v) is 1.66. The lowest BCUT2D eigenvalue weighted by atomic mass is 9.96.